The fourth-order valence-corrected chi connectivity index (χ4v) is 3.96. The zero-order valence-electron chi connectivity index (χ0n) is 20.8. The Morgan fingerprint density at radius 1 is 0.919 bits per heavy atom. The summed E-state index contributed by atoms with van der Waals surface area (Å²) >= 11 is 0. The molecule has 0 saturated carbocycles. The Balaban J connectivity index is 1.82. The van der Waals surface area contributed by atoms with Gasteiger partial charge in [0.15, 0.2) is 11.7 Å². The highest BCUT2D eigenvalue weighted by molar-refractivity contribution is 6.22. The summed E-state index contributed by atoms with van der Waals surface area (Å²) in [6, 6.07) is 19.9. The number of carbonyl (C=O) groups excluding carboxylic acids is 3. The number of benzene rings is 3. The van der Waals surface area contributed by atoms with Crippen LogP contribution in [-0.4, -0.2) is 40.6 Å². The van der Waals surface area contributed by atoms with E-state index in [4.69, 9.17) is 9.73 Å². The number of nitrogens with one attached hydrogen (secondary N) is 2. The predicted octanol–water partition coefficient (Wildman–Crippen LogP) is 4.60. The van der Waals surface area contributed by atoms with Gasteiger partial charge in [-0.05, 0) is 48.4 Å². The van der Waals surface area contributed by atoms with E-state index in [-0.39, 0.29) is 30.0 Å². The van der Waals surface area contributed by atoms with Crippen molar-refractivity contribution in [3.63, 3.8) is 0 Å². The van der Waals surface area contributed by atoms with Crippen LogP contribution in [-0.2, 0) is 27.3 Å². The molecule has 0 aliphatic rings. The molecule has 0 fully saturated rings. The van der Waals surface area contributed by atoms with E-state index in [1.807, 2.05) is 24.3 Å². The summed E-state index contributed by atoms with van der Waals surface area (Å²) in [4.78, 5) is 42.8. The number of rotatable bonds is 8. The summed E-state index contributed by atoms with van der Waals surface area (Å²) in [5.74, 6) is -0.608. The van der Waals surface area contributed by atoms with Crippen LogP contribution < -0.4 is 5.32 Å². The fraction of sp³-hybridized carbons (Fsp3) is 0.172. The van der Waals surface area contributed by atoms with Crippen molar-refractivity contribution in [3.05, 3.63) is 94.5 Å². The lowest BCUT2D eigenvalue weighted by molar-refractivity contribution is -0.139. The van der Waals surface area contributed by atoms with Crippen LogP contribution in [0, 0.1) is 0 Å². The molecule has 0 unspecified atom stereocenters. The minimum absolute atomic E-state index is 0.0703. The lowest BCUT2D eigenvalue weighted by atomic mass is 9.98. The summed E-state index contributed by atoms with van der Waals surface area (Å²) in [7, 11) is 1.35. The molecule has 0 aliphatic carbocycles. The fourth-order valence-electron chi connectivity index (χ4n) is 3.96. The number of hydrogen-bond donors (Lipinski definition) is 3. The van der Waals surface area contributed by atoms with Gasteiger partial charge >= 0.3 is 5.97 Å². The van der Waals surface area contributed by atoms with E-state index in [0.29, 0.717) is 40.0 Å². The van der Waals surface area contributed by atoms with Crippen molar-refractivity contribution in [2.75, 3.05) is 7.11 Å². The molecule has 0 aliphatic heterocycles. The third kappa shape index (κ3) is 5.92. The number of aliphatic imine (C=N–C) groups is 1. The van der Waals surface area contributed by atoms with E-state index in [2.05, 4.69) is 10.3 Å². The van der Waals surface area contributed by atoms with Crippen LogP contribution in [0.25, 0.3) is 10.9 Å². The van der Waals surface area contributed by atoms with Crippen LogP contribution >= 0.6 is 0 Å². The lowest BCUT2D eigenvalue weighted by Crippen LogP contribution is -2.18. The summed E-state index contributed by atoms with van der Waals surface area (Å²) in [5.41, 5.74) is 5.19. The number of aromatic hydroxyl groups is 1. The number of aromatic nitrogens is 1. The molecule has 3 aromatic carbocycles. The van der Waals surface area contributed by atoms with Gasteiger partial charge in [-0.15, -0.1) is 0 Å². The molecule has 0 atom stereocenters. The molecule has 0 radical (unpaired) electrons. The second-order valence-corrected chi connectivity index (χ2v) is 8.65. The number of carbonyl (C=O) groups is 3. The molecule has 4 rings (SSSR count). The lowest BCUT2D eigenvalue weighted by Gasteiger charge is -2.10. The number of esters is 1. The molecule has 4 aromatic rings. The van der Waals surface area contributed by atoms with Crippen molar-refractivity contribution in [1.29, 1.82) is 0 Å². The van der Waals surface area contributed by atoms with E-state index in [1.165, 1.54) is 21.0 Å². The summed E-state index contributed by atoms with van der Waals surface area (Å²) < 4.78 is 4.73. The number of Topliss-reactive ketones (excluding diaryl/α,β-unsaturated/α-hetero) is 1. The molecule has 37 heavy (non-hydrogen) atoms. The largest absolute Gasteiger partial charge is 0.494 e. The first kappa shape index (κ1) is 25.4. The van der Waals surface area contributed by atoms with Gasteiger partial charge in [0, 0.05) is 35.5 Å². The second-order valence-electron chi connectivity index (χ2n) is 8.65. The Morgan fingerprint density at radius 3 is 2.19 bits per heavy atom. The monoisotopic (exact) mass is 497 g/mol. The molecule has 0 bridgehead atoms. The number of ether oxygens (including phenoxy) is 1. The number of H-pyrrole nitrogens is 1. The van der Waals surface area contributed by atoms with Gasteiger partial charge in [-0.2, -0.15) is 0 Å². The number of amides is 1. The van der Waals surface area contributed by atoms with Gasteiger partial charge in [0.2, 0.25) is 5.91 Å². The van der Waals surface area contributed by atoms with Gasteiger partial charge in [-0.3, -0.25) is 14.4 Å². The van der Waals surface area contributed by atoms with Crippen LogP contribution in [0.3, 0.4) is 0 Å². The Labute approximate surface area is 214 Å². The van der Waals surface area contributed by atoms with E-state index in [1.54, 1.807) is 42.5 Å². The Bertz CT molecular complexity index is 1500. The zero-order chi connectivity index (χ0) is 26.5. The maximum Gasteiger partial charge on any atom is 0.309 e. The Morgan fingerprint density at radius 2 is 1.57 bits per heavy atom. The molecule has 1 amide bonds. The first-order valence-electron chi connectivity index (χ1n) is 11.7. The highest BCUT2D eigenvalue weighted by Gasteiger charge is 2.20. The zero-order valence-corrected chi connectivity index (χ0v) is 20.8. The molecule has 8 nitrogen and oxygen atoms in total. The molecular weight excluding hydrogens is 470 g/mol. The molecule has 188 valence electrons. The minimum atomic E-state index is -0.332. The van der Waals surface area contributed by atoms with E-state index in [9.17, 15) is 19.5 Å². The van der Waals surface area contributed by atoms with Crippen molar-refractivity contribution in [2.45, 2.75) is 26.8 Å². The van der Waals surface area contributed by atoms with Crippen LogP contribution in [0.15, 0.2) is 71.7 Å². The van der Waals surface area contributed by atoms with E-state index in [0.717, 1.165) is 16.7 Å². The van der Waals surface area contributed by atoms with Gasteiger partial charge in [-0.25, -0.2) is 4.99 Å². The molecule has 0 saturated heterocycles. The quantitative estimate of drug-likeness (QED) is 0.187. The van der Waals surface area contributed by atoms with Crippen molar-refractivity contribution in [1.82, 2.24) is 10.3 Å². The first-order valence-corrected chi connectivity index (χ1v) is 11.7. The van der Waals surface area contributed by atoms with Crippen LogP contribution in [0.1, 0.15) is 46.5 Å². The van der Waals surface area contributed by atoms with Gasteiger partial charge in [0.05, 0.1) is 30.5 Å². The van der Waals surface area contributed by atoms with Gasteiger partial charge in [-0.1, -0.05) is 36.4 Å². The predicted molar refractivity (Wildman–Crippen MR) is 141 cm³/mol. The number of methoxy groups -OCH3 is 1. The highest BCUT2D eigenvalue weighted by Crippen LogP contribution is 2.32. The molecule has 1 aromatic heterocycles. The Kier molecular flexibility index (Phi) is 7.48. The van der Waals surface area contributed by atoms with Gasteiger partial charge in [0.1, 0.15) is 0 Å². The average molecular weight is 498 g/mol. The number of nitrogens with zero attached hydrogens (tertiary/aromatic N) is 1. The summed E-state index contributed by atoms with van der Waals surface area (Å²) in [5, 5.41) is 14.4. The van der Waals surface area contributed by atoms with Crippen LogP contribution in [0.4, 0.5) is 5.69 Å². The standard InChI is InChI=1S/C29H27N3O5/c1-17(33)22-10-13-25-24(15-22)27(29(36)32-25)28(21-8-4-20(5-9-21)16-30-18(2)34)31-23-11-6-19(7-12-23)14-26(35)37-3/h4-13,15,32,36H,14,16H2,1-3H3,(H,30,34). The molecule has 8 heteroatoms. The number of fused-ring (bicyclic) bond motifs is 1. The van der Waals surface area contributed by atoms with Crippen LogP contribution in [0.5, 0.6) is 5.88 Å². The van der Waals surface area contributed by atoms with E-state index < -0.39 is 0 Å². The average Bonchev–Trinajstić information content (AvgIpc) is 3.22. The van der Waals surface area contributed by atoms with Crippen LogP contribution in [0.2, 0.25) is 0 Å². The number of aromatic amines is 1. The van der Waals surface area contributed by atoms with Gasteiger partial charge in [0.25, 0.3) is 0 Å². The summed E-state index contributed by atoms with van der Waals surface area (Å²) in [6.07, 6.45) is 0.153. The molecule has 3 N–H and O–H groups in total. The molecular formula is C29H27N3O5. The van der Waals surface area contributed by atoms with Crippen molar-refractivity contribution in [2.24, 2.45) is 4.99 Å². The van der Waals surface area contributed by atoms with Crippen molar-refractivity contribution >= 4 is 40.0 Å². The van der Waals surface area contributed by atoms with Gasteiger partial charge < -0.3 is 20.1 Å². The second kappa shape index (κ2) is 10.9. The third-order valence-corrected chi connectivity index (χ3v) is 5.94. The maximum atomic E-state index is 12.0. The topological polar surface area (TPSA) is 121 Å². The summed E-state index contributed by atoms with van der Waals surface area (Å²) in [6.45, 7) is 3.35. The van der Waals surface area contributed by atoms with E-state index >= 15 is 0 Å². The third-order valence-electron chi connectivity index (χ3n) is 5.94. The first-order chi connectivity index (χ1) is 17.7. The minimum Gasteiger partial charge on any atom is -0.494 e. The maximum absolute atomic E-state index is 12.0. The SMILES string of the molecule is COC(=O)Cc1ccc(N=C(c2ccc(CNC(C)=O)cc2)c2c(O)[nH]c3ccc(C(C)=O)cc23)cc1. The normalized spacial score (nSPS) is 11.4. The Hall–Kier alpha value is -4.72. The smallest absolute Gasteiger partial charge is 0.309 e. The number of hydrogen-bond acceptors (Lipinski definition) is 6. The highest BCUT2D eigenvalue weighted by atomic mass is 16.5. The van der Waals surface area contributed by atoms with Crippen molar-refractivity contribution in [3.8, 4) is 5.88 Å². The van der Waals surface area contributed by atoms with Crippen molar-refractivity contribution < 1.29 is 24.2 Å². The molecule has 1 heterocycles. The molecule has 0 spiro atoms. The number of ketones is 1.